The van der Waals surface area contributed by atoms with Gasteiger partial charge in [-0.25, -0.2) is 0 Å². The van der Waals surface area contributed by atoms with Gasteiger partial charge in [0.25, 0.3) is 5.91 Å². The molecular weight excluding hydrogens is 342 g/mol. The molecule has 0 spiro atoms. The lowest BCUT2D eigenvalue weighted by molar-refractivity contribution is -0.117. The number of nitrogens with one attached hydrogen (secondary N) is 2. The summed E-state index contributed by atoms with van der Waals surface area (Å²) in [6.45, 7) is 2.65. The summed E-state index contributed by atoms with van der Waals surface area (Å²) in [5, 5.41) is 5.39. The fourth-order valence-electron chi connectivity index (χ4n) is 3.05. The molecule has 1 aliphatic rings. The van der Waals surface area contributed by atoms with Gasteiger partial charge in [0.05, 0.1) is 6.54 Å². The zero-order valence-corrected chi connectivity index (χ0v) is 15.3. The van der Waals surface area contributed by atoms with E-state index in [2.05, 4.69) is 10.6 Å². The molecule has 0 bridgehead atoms. The average Bonchev–Trinajstić information content (AvgIpc) is 3.12. The SMILES string of the molecule is CCc1cccc(NC(=O)CNC(=O)c2ccc(N3CCCC3=O)cc2)c1. The van der Waals surface area contributed by atoms with Gasteiger partial charge in [0.15, 0.2) is 0 Å². The Kier molecular flexibility index (Phi) is 5.86. The van der Waals surface area contributed by atoms with Gasteiger partial charge in [0, 0.05) is 29.9 Å². The van der Waals surface area contributed by atoms with Crippen LogP contribution in [-0.4, -0.2) is 30.8 Å². The van der Waals surface area contributed by atoms with Gasteiger partial charge in [-0.2, -0.15) is 0 Å². The number of hydrogen-bond donors (Lipinski definition) is 2. The van der Waals surface area contributed by atoms with Crippen molar-refractivity contribution in [3.63, 3.8) is 0 Å². The van der Waals surface area contributed by atoms with Crippen molar-refractivity contribution in [2.24, 2.45) is 0 Å². The first-order chi connectivity index (χ1) is 13.1. The Morgan fingerprint density at radius 2 is 1.89 bits per heavy atom. The number of hydrogen-bond acceptors (Lipinski definition) is 3. The number of nitrogens with zero attached hydrogens (tertiary/aromatic N) is 1. The lowest BCUT2D eigenvalue weighted by Crippen LogP contribution is -2.32. The van der Waals surface area contributed by atoms with Crippen molar-refractivity contribution in [2.45, 2.75) is 26.2 Å². The van der Waals surface area contributed by atoms with Gasteiger partial charge >= 0.3 is 0 Å². The van der Waals surface area contributed by atoms with Gasteiger partial charge in [-0.15, -0.1) is 0 Å². The second kappa shape index (κ2) is 8.49. The van der Waals surface area contributed by atoms with Crippen LogP contribution in [0.15, 0.2) is 48.5 Å². The third kappa shape index (κ3) is 4.73. The molecule has 0 aromatic heterocycles. The van der Waals surface area contributed by atoms with E-state index in [4.69, 9.17) is 0 Å². The smallest absolute Gasteiger partial charge is 0.251 e. The lowest BCUT2D eigenvalue weighted by atomic mass is 10.1. The summed E-state index contributed by atoms with van der Waals surface area (Å²) < 4.78 is 0. The first-order valence-electron chi connectivity index (χ1n) is 9.14. The minimum Gasteiger partial charge on any atom is -0.343 e. The van der Waals surface area contributed by atoms with Crippen LogP contribution in [0.25, 0.3) is 0 Å². The maximum atomic E-state index is 12.2. The third-order valence-corrected chi connectivity index (χ3v) is 4.54. The maximum absolute atomic E-state index is 12.2. The molecule has 6 heteroatoms. The zero-order chi connectivity index (χ0) is 19.2. The van der Waals surface area contributed by atoms with Gasteiger partial charge in [0.2, 0.25) is 11.8 Å². The first kappa shape index (κ1) is 18.6. The normalized spacial score (nSPS) is 13.5. The van der Waals surface area contributed by atoms with Gasteiger partial charge in [-0.1, -0.05) is 19.1 Å². The molecule has 3 amide bonds. The number of carbonyl (C=O) groups is 3. The molecular formula is C21H23N3O3. The van der Waals surface area contributed by atoms with Gasteiger partial charge in [-0.3, -0.25) is 14.4 Å². The molecule has 140 valence electrons. The van der Waals surface area contributed by atoms with Gasteiger partial charge < -0.3 is 15.5 Å². The quantitative estimate of drug-likeness (QED) is 0.826. The predicted octanol–water partition coefficient (Wildman–Crippen LogP) is 2.74. The monoisotopic (exact) mass is 365 g/mol. The van der Waals surface area contributed by atoms with Gasteiger partial charge in [-0.05, 0) is 54.8 Å². The summed E-state index contributed by atoms with van der Waals surface area (Å²) >= 11 is 0. The lowest BCUT2D eigenvalue weighted by Gasteiger charge is -2.15. The molecule has 6 nitrogen and oxygen atoms in total. The standard InChI is InChI=1S/C21H23N3O3/c1-2-15-5-3-6-17(13-15)23-19(25)14-22-21(27)16-8-10-18(11-9-16)24-12-4-7-20(24)26/h3,5-6,8-11,13H,2,4,7,12,14H2,1H3,(H,22,27)(H,23,25). The molecule has 27 heavy (non-hydrogen) atoms. The van der Waals surface area contributed by atoms with Crippen LogP contribution in [0.1, 0.15) is 35.7 Å². The Morgan fingerprint density at radius 3 is 2.56 bits per heavy atom. The van der Waals surface area contributed by atoms with Crippen molar-refractivity contribution >= 4 is 29.1 Å². The number of amides is 3. The summed E-state index contributed by atoms with van der Waals surface area (Å²) in [7, 11) is 0. The number of rotatable bonds is 6. The van der Waals surface area contributed by atoms with Crippen molar-refractivity contribution in [2.75, 3.05) is 23.3 Å². The molecule has 0 radical (unpaired) electrons. The zero-order valence-electron chi connectivity index (χ0n) is 15.3. The number of aryl methyl sites for hydroxylation is 1. The van der Waals surface area contributed by atoms with Crippen LogP contribution in [0, 0.1) is 0 Å². The highest BCUT2D eigenvalue weighted by Gasteiger charge is 2.21. The molecule has 0 aliphatic carbocycles. The Hall–Kier alpha value is -3.15. The second-order valence-corrected chi connectivity index (χ2v) is 6.48. The minimum atomic E-state index is -0.327. The van der Waals surface area contributed by atoms with Crippen molar-refractivity contribution in [1.82, 2.24) is 5.32 Å². The molecule has 2 aromatic carbocycles. The van der Waals surface area contributed by atoms with Gasteiger partial charge in [0.1, 0.15) is 0 Å². The van der Waals surface area contributed by atoms with E-state index >= 15 is 0 Å². The van der Waals surface area contributed by atoms with E-state index in [9.17, 15) is 14.4 Å². The van der Waals surface area contributed by atoms with Crippen LogP contribution in [0.4, 0.5) is 11.4 Å². The van der Waals surface area contributed by atoms with E-state index in [1.165, 1.54) is 0 Å². The molecule has 1 fully saturated rings. The van der Waals surface area contributed by atoms with Crippen LogP contribution >= 0.6 is 0 Å². The first-order valence-corrected chi connectivity index (χ1v) is 9.14. The Balaban J connectivity index is 1.52. The van der Waals surface area contributed by atoms with E-state index in [0.29, 0.717) is 24.2 Å². The van der Waals surface area contributed by atoms with E-state index in [1.54, 1.807) is 29.2 Å². The predicted molar refractivity (Wildman–Crippen MR) is 105 cm³/mol. The number of benzene rings is 2. The third-order valence-electron chi connectivity index (χ3n) is 4.54. The maximum Gasteiger partial charge on any atom is 0.251 e. The number of anilines is 2. The molecule has 2 N–H and O–H groups in total. The Morgan fingerprint density at radius 1 is 1.11 bits per heavy atom. The largest absolute Gasteiger partial charge is 0.343 e. The fraction of sp³-hybridized carbons (Fsp3) is 0.286. The summed E-state index contributed by atoms with van der Waals surface area (Å²) in [4.78, 5) is 37.8. The summed E-state index contributed by atoms with van der Waals surface area (Å²) in [6.07, 6.45) is 2.31. The molecule has 0 atom stereocenters. The Bertz CT molecular complexity index is 846. The summed E-state index contributed by atoms with van der Waals surface area (Å²) in [6, 6.07) is 14.5. The average molecular weight is 365 g/mol. The van der Waals surface area contributed by atoms with Crippen LogP contribution in [0.5, 0.6) is 0 Å². The van der Waals surface area contributed by atoms with Crippen LogP contribution in [0.2, 0.25) is 0 Å². The highest BCUT2D eigenvalue weighted by Crippen LogP contribution is 2.21. The number of carbonyl (C=O) groups excluding carboxylic acids is 3. The van der Waals surface area contributed by atoms with Crippen molar-refractivity contribution in [1.29, 1.82) is 0 Å². The van der Waals surface area contributed by atoms with E-state index in [1.807, 2.05) is 31.2 Å². The molecule has 0 unspecified atom stereocenters. The van der Waals surface area contributed by atoms with E-state index in [-0.39, 0.29) is 24.3 Å². The van der Waals surface area contributed by atoms with Crippen LogP contribution in [-0.2, 0) is 16.0 Å². The van der Waals surface area contributed by atoms with Crippen LogP contribution in [0.3, 0.4) is 0 Å². The van der Waals surface area contributed by atoms with E-state index in [0.717, 1.165) is 24.1 Å². The Labute approximate surface area is 158 Å². The second-order valence-electron chi connectivity index (χ2n) is 6.48. The van der Waals surface area contributed by atoms with E-state index < -0.39 is 0 Å². The molecule has 3 rings (SSSR count). The van der Waals surface area contributed by atoms with Crippen molar-refractivity contribution in [3.05, 3.63) is 59.7 Å². The summed E-state index contributed by atoms with van der Waals surface area (Å²) in [5.74, 6) is -0.501. The highest BCUT2D eigenvalue weighted by atomic mass is 16.2. The highest BCUT2D eigenvalue weighted by molar-refractivity contribution is 6.00. The molecule has 1 heterocycles. The molecule has 2 aromatic rings. The molecule has 0 saturated carbocycles. The van der Waals surface area contributed by atoms with Crippen molar-refractivity contribution in [3.8, 4) is 0 Å². The summed E-state index contributed by atoms with van der Waals surface area (Å²) in [5.41, 5.74) is 3.09. The van der Waals surface area contributed by atoms with Crippen LogP contribution < -0.4 is 15.5 Å². The topological polar surface area (TPSA) is 78.5 Å². The fourth-order valence-corrected chi connectivity index (χ4v) is 3.05. The van der Waals surface area contributed by atoms with Crippen molar-refractivity contribution < 1.29 is 14.4 Å². The minimum absolute atomic E-state index is 0.107. The molecule has 1 saturated heterocycles. The molecule has 1 aliphatic heterocycles.